The molecule has 0 unspecified atom stereocenters. The quantitative estimate of drug-likeness (QED) is 0.809. The van der Waals surface area contributed by atoms with E-state index in [0.29, 0.717) is 30.5 Å². The standard InChI is InChI=1S/C11H18N4O2/c1-7(2)17-11-14-9(12-3)13-10(15-11)16-6-8-4-5-8/h7-8H,4-6H2,1-3H3,(H,12,13,14,15). The summed E-state index contributed by atoms with van der Waals surface area (Å²) in [5.41, 5.74) is 0. The predicted octanol–water partition coefficient (Wildman–Crippen LogP) is 1.49. The number of ether oxygens (including phenoxy) is 2. The van der Waals surface area contributed by atoms with Gasteiger partial charge in [0.15, 0.2) is 0 Å². The topological polar surface area (TPSA) is 69.2 Å². The SMILES string of the molecule is CNc1nc(OCC2CC2)nc(OC(C)C)n1. The summed E-state index contributed by atoms with van der Waals surface area (Å²) in [5.74, 6) is 1.13. The molecule has 1 fully saturated rings. The lowest BCUT2D eigenvalue weighted by molar-refractivity contribution is 0.211. The fraction of sp³-hybridized carbons (Fsp3) is 0.727. The molecule has 1 saturated carbocycles. The zero-order chi connectivity index (χ0) is 12.3. The lowest BCUT2D eigenvalue weighted by Gasteiger charge is -2.10. The van der Waals surface area contributed by atoms with Gasteiger partial charge in [-0.1, -0.05) is 0 Å². The van der Waals surface area contributed by atoms with Crippen LogP contribution >= 0.6 is 0 Å². The molecule has 1 aromatic heterocycles. The Morgan fingerprint density at radius 1 is 1.24 bits per heavy atom. The van der Waals surface area contributed by atoms with E-state index in [9.17, 15) is 0 Å². The van der Waals surface area contributed by atoms with Gasteiger partial charge in [-0.25, -0.2) is 0 Å². The van der Waals surface area contributed by atoms with Gasteiger partial charge in [-0.2, -0.15) is 9.97 Å². The Balaban J connectivity index is 2.06. The number of rotatable bonds is 6. The van der Waals surface area contributed by atoms with Gasteiger partial charge in [0.25, 0.3) is 0 Å². The normalized spacial score (nSPS) is 14.8. The maximum absolute atomic E-state index is 5.51. The second-order valence-electron chi connectivity index (χ2n) is 4.40. The number of anilines is 1. The molecule has 2 rings (SSSR count). The summed E-state index contributed by atoms with van der Waals surface area (Å²) in [5, 5.41) is 2.86. The molecule has 0 amide bonds. The summed E-state index contributed by atoms with van der Waals surface area (Å²) in [7, 11) is 1.75. The summed E-state index contributed by atoms with van der Waals surface area (Å²) >= 11 is 0. The minimum atomic E-state index is 0.0263. The Hall–Kier alpha value is -1.59. The van der Waals surface area contributed by atoms with E-state index in [1.807, 2.05) is 13.8 Å². The average molecular weight is 238 g/mol. The van der Waals surface area contributed by atoms with E-state index in [2.05, 4.69) is 20.3 Å². The molecule has 0 bridgehead atoms. The minimum absolute atomic E-state index is 0.0263. The van der Waals surface area contributed by atoms with Gasteiger partial charge >= 0.3 is 12.0 Å². The molecule has 0 spiro atoms. The van der Waals surface area contributed by atoms with Gasteiger partial charge in [-0.15, -0.1) is 4.98 Å². The van der Waals surface area contributed by atoms with Crippen LogP contribution in [0.3, 0.4) is 0 Å². The molecule has 0 aromatic carbocycles. The maximum atomic E-state index is 5.51. The summed E-state index contributed by atoms with van der Waals surface area (Å²) in [6.45, 7) is 4.52. The van der Waals surface area contributed by atoms with E-state index in [1.54, 1.807) is 7.05 Å². The zero-order valence-corrected chi connectivity index (χ0v) is 10.4. The van der Waals surface area contributed by atoms with Crippen molar-refractivity contribution in [3.8, 4) is 12.0 Å². The van der Waals surface area contributed by atoms with Crippen molar-refractivity contribution in [1.29, 1.82) is 0 Å². The molecule has 1 aliphatic rings. The zero-order valence-electron chi connectivity index (χ0n) is 10.4. The van der Waals surface area contributed by atoms with Crippen molar-refractivity contribution in [2.45, 2.75) is 32.8 Å². The Morgan fingerprint density at radius 3 is 2.53 bits per heavy atom. The molecule has 6 nitrogen and oxygen atoms in total. The molecule has 94 valence electrons. The molecule has 0 radical (unpaired) electrons. The highest BCUT2D eigenvalue weighted by Gasteiger charge is 2.22. The van der Waals surface area contributed by atoms with Crippen molar-refractivity contribution in [1.82, 2.24) is 15.0 Å². The molecular weight excluding hydrogens is 220 g/mol. The van der Waals surface area contributed by atoms with E-state index in [0.717, 1.165) is 0 Å². The molecular formula is C11H18N4O2. The van der Waals surface area contributed by atoms with Crippen molar-refractivity contribution in [2.75, 3.05) is 19.0 Å². The summed E-state index contributed by atoms with van der Waals surface area (Å²) in [6, 6.07) is 0.622. The first-order chi connectivity index (χ1) is 8.17. The number of aromatic nitrogens is 3. The molecule has 1 N–H and O–H groups in total. The Bertz CT molecular complexity index is 380. The second-order valence-corrected chi connectivity index (χ2v) is 4.40. The van der Waals surface area contributed by atoms with Crippen LogP contribution in [0.1, 0.15) is 26.7 Å². The van der Waals surface area contributed by atoms with E-state index in [1.165, 1.54) is 12.8 Å². The van der Waals surface area contributed by atoms with Crippen LogP contribution in [-0.2, 0) is 0 Å². The third kappa shape index (κ3) is 3.72. The lowest BCUT2D eigenvalue weighted by atomic mass is 10.5. The monoisotopic (exact) mass is 238 g/mol. The average Bonchev–Trinajstić information content (AvgIpc) is 3.09. The highest BCUT2D eigenvalue weighted by molar-refractivity contribution is 5.26. The fourth-order valence-electron chi connectivity index (χ4n) is 1.25. The first kappa shape index (κ1) is 11.9. The van der Waals surface area contributed by atoms with Crippen molar-refractivity contribution < 1.29 is 9.47 Å². The van der Waals surface area contributed by atoms with E-state index >= 15 is 0 Å². The molecule has 0 atom stereocenters. The Kier molecular flexibility index (Phi) is 3.61. The van der Waals surface area contributed by atoms with Gasteiger partial charge < -0.3 is 14.8 Å². The number of hydrogen-bond donors (Lipinski definition) is 1. The summed E-state index contributed by atoms with van der Waals surface area (Å²) in [4.78, 5) is 12.3. The van der Waals surface area contributed by atoms with Gasteiger partial charge in [0.2, 0.25) is 5.95 Å². The molecule has 1 aromatic rings. The lowest BCUT2D eigenvalue weighted by Crippen LogP contribution is -2.12. The Morgan fingerprint density at radius 2 is 1.94 bits per heavy atom. The van der Waals surface area contributed by atoms with Gasteiger partial charge in [0.05, 0.1) is 12.7 Å². The largest absolute Gasteiger partial charge is 0.463 e. The first-order valence-electron chi connectivity index (χ1n) is 5.90. The van der Waals surface area contributed by atoms with E-state index in [-0.39, 0.29) is 6.10 Å². The van der Waals surface area contributed by atoms with Crippen LogP contribution < -0.4 is 14.8 Å². The first-order valence-corrected chi connectivity index (χ1v) is 5.90. The third-order valence-electron chi connectivity index (χ3n) is 2.30. The fourth-order valence-corrected chi connectivity index (χ4v) is 1.25. The van der Waals surface area contributed by atoms with E-state index in [4.69, 9.17) is 9.47 Å². The van der Waals surface area contributed by atoms with Gasteiger partial charge in [0, 0.05) is 7.05 Å². The molecule has 1 aliphatic carbocycles. The number of nitrogens with zero attached hydrogens (tertiary/aromatic N) is 3. The second kappa shape index (κ2) is 5.16. The van der Waals surface area contributed by atoms with Gasteiger partial charge in [-0.05, 0) is 32.6 Å². The van der Waals surface area contributed by atoms with Crippen LogP contribution in [0.2, 0.25) is 0 Å². The van der Waals surface area contributed by atoms with Crippen LogP contribution in [0, 0.1) is 5.92 Å². The van der Waals surface area contributed by atoms with Crippen LogP contribution in [-0.4, -0.2) is 34.7 Å². The molecule has 0 aliphatic heterocycles. The summed E-state index contributed by atoms with van der Waals surface area (Å²) in [6.07, 6.45) is 2.50. The van der Waals surface area contributed by atoms with Crippen LogP contribution in [0.5, 0.6) is 12.0 Å². The highest BCUT2D eigenvalue weighted by Crippen LogP contribution is 2.29. The number of hydrogen-bond acceptors (Lipinski definition) is 6. The molecule has 1 heterocycles. The van der Waals surface area contributed by atoms with Crippen LogP contribution in [0.15, 0.2) is 0 Å². The maximum Gasteiger partial charge on any atom is 0.324 e. The van der Waals surface area contributed by atoms with Crippen molar-refractivity contribution in [2.24, 2.45) is 5.92 Å². The molecule has 17 heavy (non-hydrogen) atoms. The van der Waals surface area contributed by atoms with Crippen LogP contribution in [0.4, 0.5) is 5.95 Å². The van der Waals surface area contributed by atoms with Crippen molar-refractivity contribution in [3.63, 3.8) is 0 Å². The highest BCUT2D eigenvalue weighted by atomic mass is 16.5. The van der Waals surface area contributed by atoms with E-state index < -0.39 is 0 Å². The predicted molar refractivity (Wildman–Crippen MR) is 63.4 cm³/mol. The minimum Gasteiger partial charge on any atom is -0.463 e. The third-order valence-corrected chi connectivity index (χ3v) is 2.30. The number of nitrogens with one attached hydrogen (secondary N) is 1. The smallest absolute Gasteiger partial charge is 0.324 e. The molecule has 6 heteroatoms. The van der Waals surface area contributed by atoms with Crippen molar-refractivity contribution in [3.05, 3.63) is 0 Å². The summed E-state index contributed by atoms with van der Waals surface area (Å²) < 4.78 is 10.9. The Labute approximate surface area is 101 Å². The van der Waals surface area contributed by atoms with Gasteiger partial charge in [-0.3, -0.25) is 0 Å². The molecule has 0 saturated heterocycles. The van der Waals surface area contributed by atoms with Crippen molar-refractivity contribution >= 4 is 5.95 Å². The van der Waals surface area contributed by atoms with Gasteiger partial charge in [0.1, 0.15) is 0 Å². The van der Waals surface area contributed by atoms with Crippen LogP contribution in [0.25, 0.3) is 0 Å².